The Morgan fingerprint density at radius 1 is 0.957 bits per heavy atom. The van der Waals surface area contributed by atoms with Crippen molar-refractivity contribution in [1.29, 1.82) is 0 Å². The first kappa shape index (κ1) is 16.0. The van der Waals surface area contributed by atoms with E-state index in [-0.39, 0.29) is 0 Å². The Hall–Kier alpha value is -1.85. The van der Waals surface area contributed by atoms with Gasteiger partial charge >= 0.3 is 0 Å². The SMILES string of the molecule is C[C@H](CN1c2ccccc2S(=O)(=O)c2ccccc21)C[NH+](C)C. The highest BCUT2D eigenvalue weighted by Gasteiger charge is 2.34. The second kappa shape index (κ2) is 5.98. The van der Waals surface area contributed by atoms with E-state index < -0.39 is 9.84 Å². The molecule has 5 heteroatoms. The number of fused-ring (bicyclic) bond motifs is 2. The molecule has 0 bridgehead atoms. The molecule has 1 atom stereocenters. The van der Waals surface area contributed by atoms with Crippen LogP contribution in [0.5, 0.6) is 0 Å². The largest absolute Gasteiger partial charge is 0.340 e. The number of benzene rings is 2. The summed E-state index contributed by atoms with van der Waals surface area (Å²) in [6.45, 7) is 4.05. The lowest BCUT2D eigenvalue weighted by Crippen LogP contribution is -3.06. The molecule has 2 aromatic carbocycles. The van der Waals surface area contributed by atoms with Crippen LogP contribution in [0.4, 0.5) is 11.4 Å². The molecule has 2 aromatic rings. The van der Waals surface area contributed by atoms with Gasteiger partial charge in [-0.25, -0.2) is 8.42 Å². The number of nitrogens with one attached hydrogen (secondary N) is 1. The highest BCUT2D eigenvalue weighted by Crippen LogP contribution is 2.43. The lowest BCUT2D eigenvalue weighted by atomic mass is 10.1. The highest BCUT2D eigenvalue weighted by atomic mass is 32.2. The summed E-state index contributed by atoms with van der Waals surface area (Å²) in [6, 6.07) is 14.6. The van der Waals surface area contributed by atoms with Gasteiger partial charge in [-0.05, 0) is 24.3 Å². The van der Waals surface area contributed by atoms with Gasteiger partial charge < -0.3 is 9.80 Å². The smallest absolute Gasteiger partial charge is 0.210 e. The van der Waals surface area contributed by atoms with E-state index in [1.165, 1.54) is 4.90 Å². The third-order valence-electron chi connectivity index (χ3n) is 4.14. The maximum atomic E-state index is 12.9. The predicted molar refractivity (Wildman–Crippen MR) is 92.2 cm³/mol. The standard InChI is InChI=1S/C18H22N2O2S/c1-14(12-19(2)3)13-20-15-8-4-6-10-17(15)23(21,22)18-11-7-5-9-16(18)20/h4-11,14H,12-13H2,1-3H3/p+1/t14-/m0/s1. The number of rotatable bonds is 4. The van der Waals surface area contributed by atoms with Gasteiger partial charge in [-0.1, -0.05) is 31.2 Å². The molecule has 0 amide bonds. The molecule has 1 N–H and O–H groups in total. The molecule has 1 aliphatic rings. The van der Waals surface area contributed by atoms with Crippen LogP contribution in [-0.4, -0.2) is 35.6 Å². The second-order valence-electron chi connectivity index (χ2n) is 6.57. The van der Waals surface area contributed by atoms with Gasteiger partial charge in [-0.3, -0.25) is 0 Å². The summed E-state index contributed by atoms with van der Waals surface area (Å²) in [6.07, 6.45) is 0. The third-order valence-corrected chi connectivity index (χ3v) is 5.99. The van der Waals surface area contributed by atoms with Crippen molar-refractivity contribution < 1.29 is 13.3 Å². The third kappa shape index (κ3) is 2.86. The summed E-state index contributed by atoms with van der Waals surface area (Å²) in [7, 11) is 0.836. The van der Waals surface area contributed by atoms with E-state index in [4.69, 9.17) is 0 Å². The van der Waals surface area contributed by atoms with Crippen molar-refractivity contribution in [2.24, 2.45) is 5.92 Å². The summed E-state index contributed by atoms with van der Waals surface area (Å²) in [5.41, 5.74) is 1.57. The molecule has 0 spiro atoms. The summed E-state index contributed by atoms with van der Waals surface area (Å²) < 4.78 is 25.7. The first-order chi connectivity index (χ1) is 10.9. The molecule has 3 rings (SSSR count). The molecule has 0 radical (unpaired) electrons. The lowest BCUT2D eigenvalue weighted by molar-refractivity contribution is -0.861. The first-order valence-corrected chi connectivity index (χ1v) is 9.39. The topological polar surface area (TPSA) is 41.8 Å². The Morgan fingerprint density at radius 2 is 1.43 bits per heavy atom. The molecular weight excluding hydrogens is 308 g/mol. The Labute approximate surface area is 138 Å². The van der Waals surface area contributed by atoms with Gasteiger partial charge in [-0.2, -0.15) is 0 Å². The summed E-state index contributed by atoms with van der Waals surface area (Å²) in [4.78, 5) is 4.36. The molecule has 4 nitrogen and oxygen atoms in total. The second-order valence-corrected chi connectivity index (χ2v) is 8.45. The summed E-state index contributed by atoms with van der Waals surface area (Å²) in [5.74, 6) is 0.446. The van der Waals surface area contributed by atoms with Crippen molar-refractivity contribution in [1.82, 2.24) is 0 Å². The van der Waals surface area contributed by atoms with Gasteiger partial charge in [0.2, 0.25) is 9.84 Å². The molecule has 0 saturated heterocycles. The quantitative estimate of drug-likeness (QED) is 0.928. The van der Waals surface area contributed by atoms with E-state index >= 15 is 0 Å². The average Bonchev–Trinajstić information content (AvgIpc) is 2.51. The van der Waals surface area contributed by atoms with Crippen molar-refractivity contribution in [3.05, 3.63) is 48.5 Å². The predicted octanol–water partition coefficient (Wildman–Crippen LogP) is 1.75. The van der Waals surface area contributed by atoms with Crippen LogP contribution in [0.3, 0.4) is 0 Å². The van der Waals surface area contributed by atoms with Crippen molar-refractivity contribution in [3.63, 3.8) is 0 Å². The van der Waals surface area contributed by atoms with Crippen LogP contribution in [0, 0.1) is 5.92 Å². The molecular formula is C18H23N2O2S+. The highest BCUT2D eigenvalue weighted by molar-refractivity contribution is 7.92. The maximum Gasteiger partial charge on any atom is 0.210 e. The Balaban J connectivity index is 2.11. The fourth-order valence-electron chi connectivity index (χ4n) is 3.33. The van der Waals surface area contributed by atoms with E-state index in [1.807, 2.05) is 24.3 Å². The number of sulfone groups is 1. The fraction of sp³-hybridized carbons (Fsp3) is 0.333. The maximum absolute atomic E-state index is 12.9. The molecule has 0 saturated carbocycles. The summed E-state index contributed by atoms with van der Waals surface area (Å²) in [5, 5.41) is 0. The zero-order chi connectivity index (χ0) is 16.6. The first-order valence-electron chi connectivity index (χ1n) is 7.91. The number of hydrogen-bond acceptors (Lipinski definition) is 3. The van der Waals surface area contributed by atoms with Gasteiger partial charge in [0.05, 0.1) is 41.8 Å². The van der Waals surface area contributed by atoms with Crippen LogP contribution in [0.1, 0.15) is 6.92 Å². The van der Waals surface area contributed by atoms with Crippen LogP contribution in [0.15, 0.2) is 58.3 Å². The lowest BCUT2D eigenvalue weighted by Gasteiger charge is -2.34. The van der Waals surface area contributed by atoms with E-state index in [0.29, 0.717) is 15.7 Å². The van der Waals surface area contributed by atoms with E-state index in [2.05, 4.69) is 25.9 Å². The van der Waals surface area contributed by atoms with Gasteiger partial charge in [0, 0.05) is 12.5 Å². The van der Waals surface area contributed by atoms with Crippen molar-refractivity contribution in [2.75, 3.05) is 32.1 Å². The van der Waals surface area contributed by atoms with E-state index in [0.717, 1.165) is 24.5 Å². The molecule has 0 unspecified atom stereocenters. The number of quaternary nitrogens is 1. The average molecular weight is 331 g/mol. The van der Waals surface area contributed by atoms with E-state index in [9.17, 15) is 8.42 Å². The number of para-hydroxylation sites is 2. The minimum absolute atomic E-state index is 0.406. The minimum Gasteiger partial charge on any atom is -0.340 e. The minimum atomic E-state index is -3.44. The molecule has 1 heterocycles. The van der Waals surface area contributed by atoms with Crippen LogP contribution >= 0.6 is 0 Å². The molecule has 0 fully saturated rings. The molecule has 122 valence electrons. The van der Waals surface area contributed by atoms with Crippen LogP contribution in [-0.2, 0) is 9.84 Å². The molecule has 23 heavy (non-hydrogen) atoms. The fourth-order valence-corrected chi connectivity index (χ4v) is 4.99. The van der Waals surface area contributed by atoms with Crippen molar-refractivity contribution >= 4 is 21.2 Å². The Bertz CT molecular complexity index is 762. The number of hydrogen-bond donors (Lipinski definition) is 1. The van der Waals surface area contributed by atoms with Gasteiger partial charge in [-0.15, -0.1) is 0 Å². The van der Waals surface area contributed by atoms with Gasteiger partial charge in [0.25, 0.3) is 0 Å². The Kier molecular flexibility index (Phi) is 4.17. The normalized spacial score (nSPS) is 16.8. The molecule has 0 aromatic heterocycles. The van der Waals surface area contributed by atoms with Crippen molar-refractivity contribution in [3.8, 4) is 0 Å². The number of nitrogens with zero attached hydrogens (tertiary/aromatic N) is 1. The summed E-state index contributed by atoms with van der Waals surface area (Å²) >= 11 is 0. The van der Waals surface area contributed by atoms with Gasteiger partial charge in [0.15, 0.2) is 0 Å². The monoisotopic (exact) mass is 331 g/mol. The van der Waals surface area contributed by atoms with Crippen LogP contribution in [0.25, 0.3) is 0 Å². The van der Waals surface area contributed by atoms with E-state index in [1.54, 1.807) is 24.3 Å². The Morgan fingerprint density at radius 3 is 1.91 bits per heavy atom. The zero-order valence-electron chi connectivity index (χ0n) is 13.8. The zero-order valence-corrected chi connectivity index (χ0v) is 14.6. The van der Waals surface area contributed by atoms with Crippen LogP contribution < -0.4 is 9.80 Å². The van der Waals surface area contributed by atoms with Gasteiger partial charge in [0.1, 0.15) is 0 Å². The number of anilines is 2. The van der Waals surface area contributed by atoms with Crippen LogP contribution in [0.2, 0.25) is 0 Å². The molecule has 0 aliphatic carbocycles. The van der Waals surface area contributed by atoms with Crippen molar-refractivity contribution in [2.45, 2.75) is 16.7 Å². The molecule has 1 aliphatic heterocycles.